The van der Waals surface area contributed by atoms with Gasteiger partial charge in [0.25, 0.3) is 0 Å². The van der Waals surface area contributed by atoms with Gasteiger partial charge < -0.3 is 10.8 Å². The molecular weight excluding hydrogens is 203 g/mol. The molecule has 0 heterocycles. The number of hydrogen-bond acceptors (Lipinski definition) is 4. The highest BCUT2D eigenvalue weighted by atomic mass is 19.1. The normalized spacial score (nSPS) is 12.5. The van der Waals surface area contributed by atoms with E-state index in [0.29, 0.717) is 0 Å². The summed E-state index contributed by atoms with van der Waals surface area (Å²) in [5.74, 6) is -0.997. The Kier molecular flexibility index (Phi) is 3.70. The van der Waals surface area contributed by atoms with Crippen molar-refractivity contribution in [2.24, 2.45) is 5.73 Å². The summed E-state index contributed by atoms with van der Waals surface area (Å²) in [4.78, 5) is 9.59. The molecule has 0 saturated heterocycles. The third-order valence-corrected chi connectivity index (χ3v) is 2.00. The minimum absolute atomic E-state index is 0.0883. The largest absolute Gasteiger partial charge is 0.388 e. The topological polar surface area (TPSA) is 89.4 Å². The van der Waals surface area contributed by atoms with Crippen molar-refractivity contribution in [2.45, 2.75) is 12.5 Å². The minimum Gasteiger partial charge on any atom is -0.388 e. The zero-order valence-corrected chi connectivity index (χ0v) is 7.89. The molecule has 0 bridgehead atoms. The van der Waals surface area contributed by atoms with Gasteiger partial charge in [-0.3, -0.25) is 10.1 Å². The molecule has 0 radical (unpaired) electrons. The second kappa shape index (κ2) is 4.81. The van der Waals surface area contributed by atoms with Gasteiger partial charge in [0.05, 0.1) is 11.0 Å². The molecule has 5 nitrogen and oxygen atoms in total. The van der Waals surface area contributed by atoms with Crippen LogP contribution in [0.4, 0.5) is 10.1 Å². The number of nitro groups is 1. The maximum atomic E-state index is 13.5. The number of halogens is 1. The van der Waals surface area contributed by atoms with Gasteiger partial charge in [-0.1, -0.05) is 12.1 Å². The van der Waals surface area contributed by atoms with Crippen LogP contribution in [0.5, 0.6) is 0 Å². The van der Waals surface area contributed by atoms with Gasteiger partial charge in [-0.05, 0) is 13.0 Å². The first-order valence-electron chi connectivity index (χ1n) is 4.39. The van der Waals surface area contributed by atoms with E-state index in [1.54, 1.807) is 0 Å². The molecule has 0 aliphatic carbocycles. The number of nitro benzene ring substituents is 1. The van der Waals surface area contributed by atoms with Gasteiger partial charge in [-0.2, -0.15) is 4.39 Å². The Bertz CT molecular complexity index is 370. The summed E-state index contributed by atoms with van der Waals surface area (Å²) >= 11 is 0. The molecule has 1 aromatic rings. The van der Waals surface area contributed by atoms with Crippen LogP contribution in [-0.4, -0.2) is 16.6 Å². The fourth-order valence-corrected chi connectivity index (χ4v) is 1.25. The summed E-state index contributed by atoms with van der Waals surface area (Å²) < 4.78 is 13.5. The van der Waals surface area contributed by atoms with Gasteiger partial charge in [-0.25, -0.2) is 0 Å². The van der Waals surface area contributed by atoms with E-state index in [4.69, 9.17) is 5.73 Å². The van der Waals surface area contributed by atoms with Crippen molar-refractivity contribution in [1.29, 1.82) is 0 Å². The monoisotopic (exact) mass is 214 g/mol. The van der Waals surface area contributed by atoms with Crippen LogP contribution in [0.1, 0.15) is 18.1 Å². The smallest absolute Gasteiger partial charge is 0.305 e. The summed E-state index contributed by atoms with van der Waals surface area (Å²) in [5, 5.41) is 19.9. The summed E-state index contributed by atoms with van der Waals surface area (Å²) in [6.07, 6.45) is -0.937. The molecule has 0 amide bonds. The van der Waals surface area contributed by atoms with Crippen molar-refractivity contribution >= 4 is 5.69 Å². The average molecular weight is 214 g/mol. The van der Waals surface area contributed by atoms with Crippen LogP contribution < -0.4 is 5.73 Å². The van der Waals surface area contributed by atoms with Crippen LogP contribution in [0.25, 0.3) is 0 Å². The summed E-state index contributed by atoms with van der Waals surface area (Å²) in [5.41, 5.74) is 4.47. The molecule has 0 aliphatic heterocycles. The van der Waals surface area contributed by atoms with E-state index in [9.17, 15) is 19.6 Å². The highest BCUT2D eigenvalue weighted by Crippen LogP contribution is 2.26. The molecule has 1 aromatic carbocycles. The molecule has 1 rings (SSSR count). The molecule has 1 atom stereocenters. The third-order valence-electron chi connectivity index (χ3n) is 2.00. The lowest BCUT2D eigenvalue weighted by Gasteiger charge is -2.10. The van der Waals surface area contributed by atoms with E-state index in [0.717, 1.165) is 6.07 Å². The van der Waals surface area contributed by atoms with Gasteiger partial charge in [-0.15, -0.1) is 0 Å². The number of hydrogen-bond donors (Lipinski definition) is 2. The maximum absolute atomic E-state index is 13.5. The first-order chi connectivity index (χ1) is 7.07. The zero-order valence-electron chi connectivity index (χ0n) is 7.89. The van der Waals surface area contributed by atoms with Crippen molar-refractivity contribution < 1.29 is 14.4 Å². The lowest BCUT2D eigenvalue weighted by Crippen LogP contribution is -2.09. The van der Waals surface area contributed by atoms with E-state index in [1.807, 2.05) is 0 Å². The SMILES string of the molecule is NCC[C@@H](O)c1cccc([N+](=O)[O-])c1F. The maximum Gasteiger partial charge on any atom is 0.305 e. The van der Waals surface area contributed by atoms with Crippen molar-refractivity contribution in [1.82, 2.24) is 0 Å². The van der Waals surface area contributed by atoms with Gasteiger partial charge in [0.1, 0.15) is 0 Å². The highest BCUT2D eigenvalue weighted by Gasteiger charge is 2.21. The van der Waals surface area contributed by atoms with E-state index < -0.39 is 22.5 Å². The van der Waals surface area contributed by atoms with E-state index in [-0.39, 0.29) is 18.5 Å². The Balaban J connectivity index is 3.09. The predicted molar refractivity (Wildman–Crippen MR) is 51.7 cm³/mol. The number of nitrogens with zero attached hydrogens (tertiary/aromatic N) is 1. The van der Waals surface area contributed by atoms with E-state index in [2.05, 4.69) is 0 Å². The van der Waals surface area contributed by atoms with Crippen LogP contribution in [0, 0.1) is 15.9 Å². The third kappa shape index (κ3) is 2.48. The Morgan fingerprint density at radius 3 is 2.80 bits per heavy atom. The Labute approximate surface area is 85.5 Å². The lowest BCUT2D eigenvalue weighted by molar-refractivity contribution is -0.387. The fraction of sp³-hybridized carbons (Fsp3) is 0.333. The van der Waals surface area contributed by atoms with Gasteiger partial charge in [0.15, 0.2) is 0 Å². The van der Waals surface area contributed by atoms with Crippen LogP contribution in [-0.2, 0) is 0 Å². The van der Waals surface area contributed by atoms with Crippen LogP contribution in [0.3, 0.4) is 0 Å². The molecule has 0 aliphatic rings. The second-order valence-corrected chi connectivity index (χ2v) is 3.03. The number of aliphatic hydroxyl groups is 1. The van der Waals surface area contributed by atoms with Gasteiger partial charge in [0.2, 0.25) is 5.82 Å². The molecule has 3 N–H and O–H groups in total. The number of benzene rings is 1. The predicted octanol–water partition coefficient (Wildman–Crippen LogP) is 1.12. The summed E-state index contributed by atoms with van der Waals surface area (Å²) in [6, 6.07) is 3.69. The van der Waals surface area contributed by atoms with Crippen molar-refractivity contribution in [3.8, 4) is 0 Å². The standard InChI is InChI=1S/C9H11FN2O3/c10-9-6(8(13)4-5-11)2-1-3-7(9)12(14)15/h1-3,8,13H,4-5,11H2/t8-/m1/s1. The van der Waals surface area contributed by atoms with Gasteiger partial charge >= 0.3 is 5.69 Å². The average Bonchev–Trinajstić information content (AvgIpc) is 2.17. The Hall–Kier alpha value is -1.53. The molecule has 6 heteroatoms. The molecule has 0 fully saturated rings. The van der Waals surface area contributed by atoms with E-state index in [1.165, 1.54) is 12.1 Å². The first-order valence-corrected chi connectivity index (χ1v) is 4.39. The van der Waals surface area contributed by atoms with Gasteiger partial charge in [0, 0.05) is 11.6 Å². The molecule has 0 spiro atoms. The second-order valence-electron chi connectivity index (χ2n) is 3.03. The Morgan fingerprint density at radius 1 is 1.60 bits per heavy atom. The number of rotatable bonds is 4. The molecule has 15 heavy (non-hydrogen) atoms. The van der Waals surface area contributed by atoms with E-state index >= 15 is 0 Å². The quantitative estimate of drug-likeness (QED) is 0.580. The lowest BCUT2D eigenvalue weighted by atomic mass is 10.1. The molecule has 0 aromatic heterocycles. The summed E-state index contributed by atoms with van der Waals surface area (Å²) in [6.45, 7) is 0.184. The van der Waals surface area contributed by atoms with Crippen LogP contribution >= 0.6 is 0 Å². The Morgan fingerprint density at radius 2 is 2.27 bits per heavy atom. The first kappa shape index (κ1) is 11.5. The van der Waals surface area contributed by atoms with Crippen molar-refractivity contribution in [2.75, 3.05) is 6.54 Å². The van der Waals surface area contributed by atoms with Crippen LogP contribution in [0.15, 0.2) is 18.2 Å². The molecular formula is C9H11FN2O3. The number of aliphatic hydroxyl groups excluding tert-OH is 1. The molecule has 0 saturated carbocycles. The molecule has 0 unspecified atom stereocenters. The fourth-order valence-electron chi connectivity index (χ4n) is 1.25. The van der Waals surface area contributed by atoms with Crippen molar-refractivity contribution in [3.05, 3.63) is 39.7 Å². The summed E-state index contributed by atoms with van der Waals surface area (Å²) in [7, 11) is 0. The van der Waals surface area contributed by atoms with Crippen LogP contribution in [0.2, 0.25) is 0 Å². The highest BCUT2D eigenvalue weighted by molar-refractivity contribution is 5.37. The molecule has 82 valence electrons. The minimum atomic E-state index is -1.10. The van der Waals surface area contributed by atoms with Crippen molar-refractivity contribution in [3.63, 3.8) is 0 Å². The number of nitrogens with two attached hydrogens (primary N) is 1. The zero-order chi connectivity index (χ0) is 11.4.